The Morgan fingerprint density at radius 2 is 2.29 bits per heavy atom. The number of esters is 1. The van der Waals surface area contributed by atoms with Crippen molar-refractivity contribution in [1.29, 1.82) is 0 Å². The molecule has 2 rings (SSSR count). The number of nitrogens with one attached hydrogen (secondary N) is 1. The van der Waals surface area contributed by atoms with E-state index in [-0.39, 0.29) is 11.3 Å². The SMILES string of the molecule is CC(=O)Oc1cc(C2=C(C)NCS2)c(F)cc1C=NC=O. The molecule has 0 bridgehead atoms. The summed E-state index contributed by atoms with van der Waals surface area (Å²) in [4.78, 5) is 25.6. The van der Waals surface area contributed by atoms with Crippen molar-refractivity contribution in [2.75, 3.05) is 5.88 Å². The lowest BCUT2D eigenvalue weighted by molar-refractivity contribution is -0.131. The molecule has 0 radical (unpaired) electrons. The summed E-state index contributed by atoms with van der Waals surface area (Å²) in [6, 6.07) is 2.64. The number of aliphatic imine (C=N–C) groups is 1. The van der Waals surface area contributed by atoms with Crippen LogP contribution in [-0.2, 0) is 9.59 Å². The highest BCUT2D eigenvalue weighted by Gasteiger charge is 2.19. The van der Waals surface area contributed by atoms with Crippen molar-refractivity contribution in [2.24, 2.45) is 4.99 Å². The molecule has 1 aromatic rings. The number of carbonyl (C=O) groups excluding carboxylic acids is 2. The van der Waals surface area contributed by atoms with Gasteiger partial charge in [-0.15, -0.1) is 11.8 Å². The largest absolute Gasteiger partial charge is 0.426 e. The van der Waals surface area contributed by atoms with Gasteiger partial charge >= 0.3 is 5.97 Å². The summed E-state index contributed by atoms with van der Waals surface area (Å²) in [6.45, 7) is 3.10. The van der Waals surface area contributed by atoms with Gasteiger partial charge in [-0.3, -0.25) is 9.59 Å². The molecule has 0 spiro atoms. The Kier molecular flexibility index (Phi) is 4.74. The third-order valence-corrected chi connectivity index (χ3v) is 3.87. The van der Waals surface area contributed by atoms with Crippen LogP contribution in [0.5, 0.6) is 5.75 Å². The van der Waals surface area contributed by atoms with Gasteiger partial charge < -0.3 is 10.1 Å². The van der Waals surface area contributed by atoms with Crippen molar-refractivity contribution in [2.45, 2.75) is 13.8 Å². The minimum absolute atomic E-state index is 0.164. The number of benzene rings is 1. The summed E-state index contributed by atoms with van der Waals surface area (Å²) in [7, 11) is 0. The van der Waals surface area contributed by atoms with E-state index in [9.17, 15) is 14.0 Å². The van der Waals surface area contributed by atoms with E-state index in [1.807, 2.05) is 6.92 Å². The molecule has 110 valence electrons. The van der Waals surface area contributed by atoms with Crippen molar-refractivity contribution in [3.05, 3.63) is 34.8 Å². The fourth-order valence-electron chi connectivity index (χ4n) is 1.88. The van der Waals surface area contributed by atoms with E-state index in [1.165, 1.54) is 30.8 Å². The van der Waals surface area contributed by atoms with Crippen molar-refractivity contribution in [1.82, 2.24) is 5.32 Å². The van der Waals surface area contributed by atoms with Crippen molar-refractivity contribution < 1.29 is 18.7 Å². The molecule has 0 aromatic heterocycles. The lowest BCUT2D eigenvalue weighted by atomic mass is 10.1. The van der Waals surface area contributed by atoms with Gasteiger partial charge in [0.2, 0.25) is 6.41 Å². The number of ether oxygens (including phenoxy) is 1. The number of hydrogen-bond donors (Lipinski definition) is 1. The molecule has 0 saturated heterocycles. The average Bonchev–Trinajstić information content (AvgIpc) is 2.84. The normalized spacial score (nSPS) is 14.4. The first kappa shape index (κ1) is 15.2. The second-order valence-corrected chi connectivity index (χ2v) is 5.25. The first-order chi connectivity index (χ1) is 10.0. The number of halogens is 1. The van der Waals surface area contributed by atoms with E-state index >= 15 is 0 Å². The molecule has 0 saturated carbocycles. The number of thioether (sulfide) groups is 1. The van der Waals surface area contributed by atoms with E-state index in [0.29, 0.717) is 17.9 Å². The zero-order valence-electron chi connectivity index (χ0n) is 11.5. The summed E-state index contributed by atoms with van der Waals surface area (Å²) in [5, 5.41) is 3.10. The van der Waals surface area contributed by atoms with Crippen molar-refractivity contribution in [3.63, 3.8) is 0 Å². The van der Waals surface area contributed by atoms with Gasteiger partial charge in [-0.25, -0.2) is 9.38 Å². The first-order valence-electron chi connectivity index (χ1n) is 6.09. The topological polar surface area (TPSA) is 67.8 Å². The molecule has 1 aliphatic heterocycles. The van der Waals surface area contributed by atoms with E-state index in [0.717, 1.165) is 16.8 Å². The van der Waals surface area contributed by atoms with Gasteiger partial charge in [-0.2, -0.15) is 0 Å². The number of nitrogens with zero attached hydrogens (tertiary/aromatic N) is 1. The van der Waals surface area contributed by atoms with Gasteiger partial charge in [0, 0.05) is 34.9 Å². The molecule has 0 aliphatic carbocycles. The zero-order chi connectivity index (χ0) is 15.4. The number of carbonyl (C=O) groups is 2. The van der Waals surface area contributed by atoms with Crippen LogP contribution in [0.2, 0.25) is 0 Å². The van der Waals surface area contributed by atoms with Gasteiger partial charge in [0.15, 0.2) is 0 Å². The van der Waals surface area contributed by atoms with Crippen LogP contribution < -0.4 is 10.1 Å². The molecule has 1 aliphatic rings. The van der Waals surface area contributed by atoms with Crippen LogP contribution in [0.3, 0.4) is 0 Å². The Morgan fingerprint density at radius 1 is 1.52 bits per heavy atom. The van der Waals surface area contributed by atoms with Gasteiger partial charge in [0.1, 0.15) is 11.6 Å². The minimum Gasteiger partial charge on any atom is -0.426 e. The fourth-order valence-corrected chi connectivity index (χ4v) is 2.92. The van der Waals surface area contributed by atoms with Crippen molar-refractivity contribution >= 4 is 35.3 Å². The van der Waals surface area contributed by atoms with Crippen LogP contribution in [0.1, 0.15) is 25.0 Å². The Labute approximate surface area is 125 Å². The third-order valence-electron chi connectivity index (χ3n) is 2.77. The van der Waals surface area contributed by atoms with Crippen LogP contribution in [0.15, 0.2) is 22.8 Å². The van der Waals surface area contributed by atoms with Crippen LogP contribution in [0.25, 0.3) is 4.91 Å². The van der Waals surface area contributed by atoms with Crippen molar-refractivity contribution in [3.8, 4) is 5.75 Å². The molecule has 7 heteroatoms. The van der Waals surface area contributed by atoms with Crippen LogP contribution in [0.4, 0.5) is 4.39 Å². The number of hydrogen-bond acceptors (Lipinski definition) is 5. The predicted octanol–water partition coefficient (Wildman–Crippen LogP) is 2.31. The molecular formula is C14H13FN2O3S. The minimum atomic E-state index is -0.531. The second kappa shape index (κ2) is 6.53. The van der Waals surface area contributed by atoms with E-state index < -0.39 is 11.8 Å². The highest BCUT2D eigenvalue weighted by atomic mass is 32.2. The Balaban J connectivity index is 2.53. The predicted molar refractivity (Wildman–Crippen MR) is 79.6 cm³/mol. The molecule has 1 amide bonds. The highest BCUT2D eigenvalue weighted by Crippen LogP contribution is 2.37. The van der Waals surface area contributed by atoms with Gasteiger partial charge in [0.05, 0.1) is 5.88 Å². The molecule has 0 fully saturated rings. The number of allylic oxidation sites excluding steroid dienone is 1. The zero-order valence-corrected chi connectivity index (χ0v) is 12.3. The summed E-state index contributed by atoms with van der Waals surface area (Å²) >= 11 is 1.47. The summed E-state index contributed by atoms with van der Waals surface area (Å²) in [5.41, 5.74) is 1.44. The highest BCUT2D eigenvalue weighted by molar-refractivity contribution is 8.08. The maximum atomic E-state index is 14.3. The van der Waals surface area contributed by atoms with E-state index in [4.69, 9.17) is 4.74 Å². The number of amides is 1. The monoisotopic (exact) mass is 308 g/mol. The fraction of sp³-hybridized carbons (Fsp3) is 0.214. The van der Waals surface area contributed by atoms with Crippen LogP contribution in [-0.4, -0.2) is 24.5 Å². The smallest absolute Gasteiger partial charge is 0.308 e. The summed E-state index contributed by atoms with van der Waals surface area (Å²) in [6.07, 6.45) is 1.48. The second-order valence-electron chi connectivity index (χ2n) is 4.27. The van der Waals surface area contributed by atoms with Crippen LogP contribution >= 0.6 is 11.8 Å². The van der Waals surface area contributed by atoms with Gasteiger partial charge in [-0.05, 0) is 19.1 Å². The molecule has 1 heterocycles. The maximum Gasteiger partial charge on any atom is 0.308 e. The molecule has 0 atom stereocenters. The Morgan fingerprint density at radius 3 is 2.86 bits per heavy atom. The molecule has 0 unspecified atom stereocenters. The lowest BCUT2D eigenvalue weighted by Crippen LogP contribution is -2.06. The first-order valence-corrected chi connectivity index (χ1v) is 7.08. The quantitative estimate of drug-likeness (QED) is 0.400. The lowest BCUT2D eigenvalue weighted by Gasteiger charge is -2.10. The summed E-state index contributed by atoms with van der Waals surface area (Å²) < 4.78 is 19.3. The number of rotatable bonds is 4. The molecule has 1 aromatic carbocycles. The Hall–Kier alpha value is -2.15. The Bertz CT molecular complexity index is 656. The molecular weight excluding hydrogens is 295 g/mol. The maximum absolute atomic E-state index is 14.3. The van der Waals surface area contributed by atoms with Gasteiger partial charge in [0.25, 0.3) is 0 Å². The third kappa shape index (κ3) is 3.49. The standard InChI is InChI=1S/C14H13FN2O3S/c1-8-14(21-7-17-8)11-4-13(20-9(2)19)10(3-12(11)15)5-16-6-18/h3-6,17H,7H2,1-2H3. The van der Waals surface area contributed by atoms with Crippen LogP contribution in [0, 0.1) is 5.82 Å². The summed E-state index contributed by atoms with van der Waals surface area (Å²) in [5.74, 6) is -0.171. The molecule has 21 heavy (non-hydrogen) atoms. The molecule has 1 N–H and O–H groups in total. The molecule has 5 nitrogen and oxygen atoms in total. The van der Waals surface area contributed by atoms with Gasteiger partial charge in [-0.1, -0.05) is 0 Å². The average molecular weight is 308 g/mol. The van der Waals surface area contributed by atoms with E-state index in [1.54, 1.807) is 0 Å². The van der Waals surface area contributed by atoms with E-state index in [2.05, 4.69) is 10.3 Å².